The maximum absolute atomic E-state index is 12.6. The number of carbonyl (C=O) groups excluding carboxylic acids is 1. The molecule has 0 bridgehead atoms. The average Bonchev–Trinajstić information content (AvgIpc) is 3.21. The Bertz CT molecular complexity index is 732. The third-order valence-corrected chi connectivity index (χ3v) is 4.75. The second-order valence-corrected chi connectivity index (χ2v) is 6.86. The van der Waals surface area contributed by atoms with E-state index < -0.39 is 0 Å². The Morgan fingerprint density at radius 2 is 2.33 bits per heavy atom. The van der Waals surface area contributed by atoms with Crippen molar-refractivity contribution in [3.8, 4) is 5.75 Å². The van der Waals surface area contributed by atoms with Crippen molar-refractivity contribution in [1.29, 1.82) is 0 Å². The van der Waals surface area contributed by atoms with Gasteiger partial charge in [0.1, 0.15) is 12.4 Å². The number of likely N-dealkylation sites (tertiary alicyclic amines) is 1. The number of aryl methyl sites for hydroxylation is 1. The summed E-state index contributed by atoms with van der Waals surface area (Å²) in [6.45, 7) is 4.27. The van der Waals surface area contributed by atoms with Gasteiger partial charge in [-0.05, 0) is 59.9 Å². The minimum absolute atomic E-state index is 0.0315. The van der Waals surface area contributed by atoms with Gasteiger partial charge in [-0.1, -0.05) is 5.16 Å². The first-order chi connectivity index (χ1) is 11.6. The number of amides is 1. The number of halogens is 1. The zero-order chi connectivity index (χ0) is 17.1. The lowest BCUT2D eigenvalue weighted by Crippen LogP contribution is -2.29. The molecular weight excluding hydrogens is 374 g/mol. The zero-order valence-corrected chi connectivity index (χ0v) is 15.1. The summed E-state index contributed by atoms with van der Waals surface area (Å²) in [5, 5.41) is 3.82. The number of ether oxygens (including phenoxy) is 1. The van der Waals surface area contributed by atoms with Crippen LogP contribution in [0.4, 0.5) is 0 Å². The maximum Gasteiger partial charge on any atom is 0.253 e. The molecule has 1 aliphatic heterocycles. The highest BCUT2D eigenvalue weighted by atomic mass is 79.9. The molecule has 1 aromatic carbocycles. The number of nitrogens with two attached hydrogens (primary N) is 1. The van der Waals surface area contributed by atoms with Crippen LogP contribution in [-0.4, -0.2) is 35.6 Å². The summed E-state index contributed by atoms with van der Waals surface area (Å²) < 4.78 is 11.6. The molecule has 1 aromatic heterocycles. The number of rotatable bonds is 5. The van der Waals surface area contributed by atoms with Crippen molar-refractivity contribution in [1.82, 2.24) is 10.1 Å². The van der Waals surface area contributed by atoms with Crippen molar-refractivity contribution in [2.45, 2.75) is 20.0 Å². The van der Waals surface area contributed by atoms with Crippen molar-refractivity contribution < 1.29 is 14.1 Å². The van der Waals surface area contributed by atoms with E-state index >= 15 is 0 Å². The second-order valence-electron chi connectivity index (χ2n) is 6.01. The fourth-order valence-electron chi connectivity index (χ4n) is 2.78. The molecule has 1 fully saturated rings. The molecule has 0 spiro atoms. The Labute approximate surface area is 149 Å². The van der Waals surface area contributed by atoms with Crippen LogP contribution in [0, 0.1) is 12.8 Å². The number of nitrogens with zero attached hydrogens (tertiary/aromatic N) is 2. The van der Waals surface area contributed by atoms with Gasteiger partial charge < -0.3 is 19.9 Å². The van der Waals surface area contributed by atoms with Gasteiger partial charge in [0.25, 0.3) is 5.91 Å². The van der Waals surface area contributed by atoms with Crippen LogP contribution in [0.1, 0.15) is 28.2 Å². The van der Waals surface area contributed by atoms with E-state index in [2.05, 4.69) is 21.1 Å². The predicted molar refractivity (Wildman–Crippen MR) is 92.8 cm³/mol. The average molecular weight is 394 g/mol. The van der Waals surface area contributed by atoms with Gasteiger partial charge in [-0.15, -0.1) is 0 Å². The number of hydrogen-bond acceptors (Lipinski definition) is 5. The zero-order valence-electron chi connectivity index (χ0n) is 13.5. The van der Waals surface area contributed by atoms with Crippen molar-refractivity contribution in [3.63, 3.8) is 0 Å². The van der Waals surface area contributed by atoms with Crippen LogP contribution in [0.15, 0.2) is 33.3 Å². The van der Waals surface area contributed by atoms with Crippen LogP contribution in [0.3, 0.4) is 0 Å². The number of carbonyl (C=O) groups is 1. The lowest BCUT2D eigenvalue weighted by Gasteiger charge is -2.17. The Hall–Kier alpha value is -1.86. The van der Waals surface area contributed by atoms with Crippen LogP contribution in [0.25, 0.3) is 0 Å². The van der Waals surface area contributed by atoms with Gasteiger partial charge in [-0.25, -0.2) is 0 Å². The minimum atomic E-state index is 0.0315. The largest absolute Gasteiger partial charge is 0.484 e. The summed E-state index contributed by atoms with van der Waals surface area (Å²) in [6.07, 6.45) is 0.973. The Morgan fingerprint density at radius 1 is 1.50 bits per heavy atom. The van der Waals surface area contributed by atoms with E-state index in [4.69, 9.17) is 15.0 Å². The van der Waals surface area contributed by atoms with Gasteiger partial charge in [0.2, 0.25) is 0 Å². The maximum atomic E-state index is 12.6. The number of aromatic nitrogens is 1. The first-order valence-electron chi connectivity index (χ1n) is 7.90. The van der Waals surface area contributed by atoms with E-state index in [1.807, 2.05) is 17.9 Å². The summed E-state index contributed by atoms with van der Waals surface area (Å²) in [6, 6.07) is 7.19. The normalized spacial score (nSPS) is 17.3. The SMILES string of the molecule is Cc1cc(COc2ccc(C(=O)N3CCC(CN)C3)cc2Br)on1. The van der Waals surface area contributed by atoms with Crippen LogP contribution in [0.5, 0.6) is 5.75 Å². The molecule has 0 radical (unpaired) electrons. The molecule has 1 amide bonds. The van der Waals surface area contributed by atoms with Gasteiger partial charge in [0.05, 0.1) is 10.2 Å². The molecule has 2 aromatic rings. The topological polar surface area (TPSA) is 81.6 Å². The molecule has 2 heterocycles. The van der Waals surface area contributed by atoms with Gasteiger partial charge in [0, 0.05) is 24.7 Å². The Balaban J connectivity index is 1.64. The lowest BCUT2D eigenvalue weighted by atomic mass is 10.1. The quantitative estimate of drug-likeness (QED) is 0.844. The third kappa shape index (κ3) is 3.79. The van der Waals surface area contributed by atoms with Crippen molar-refractivity contribution >= 4 is 21.8 Å². The van der Waals surface area contributed by atoms with E-state index in [1.165, 1.54) is 0 Å². The molecule has 7 heteroatoms. The summed E-state index contributed by atoms with van der Waals surface area (Å²) in [5.41, 5.74) is 7.14. The molecule has 3 rings (SSSR count). The fourth-order valence-corrected chi connectivity index (χ4v) is 3.27. The van der Waals surface area contributed by atoms with E-state index in [0.29, 0.717) is 29.5 Å². The fraction of sp³-hybridized carbons (Fsp3) is 0.412. The highest BCUT2D eigenvalue weighted by Crippen LogP contribution is 2.28. The summed E-state index contributed by atoms with van der Waals surface area (Å²) >= 11 is 3.47. The molecule has 2 N–H and O–H groups in total. The lowest BCUT2D eigenvalue weighted by molar-refractivity contribution is 0.0787. The third-order valence-electron chi connectivity index (χ3n) is 4.13. The molecule has 0 saturated carbocycles. The smallest absolute Gasteiger partial charge is 0.253 e. The molecular formula is C17H20BrN3O3. The first-order valence-corrected chi connectivity index (χ1v) is 8.70. The van der Waals surface area contributed by atoms with Crippen LogP contribution < -0.4 is 10.5 Å². The second kappa shape index (κ2) is 7.36. The molecule has 1 atom stereocenters. The van der Waals surface area contributed by atoms with E-state index in [1.54, 1.807) is 18.2 Å². The molecule has 1 saturated heterocycles. The van der Waals surface area contributed by atoms with E-state index in [9.17, 15) is 4.79 Å². The van der Waals surface area contributed by atoms with Crippen LogP contribution in [-0.2, 0) is 6.61 Å². The highest BCUT2D eigenvalue weighted by molar-refractivity contribution is 9.10. The highest BCUT2D eigenvalue weighted by Gasteiger charge is 2.26. The Morgan fingerprint density at radius 3 is 2.96 bits per heavy atom. The minimum Gasteiger partial charge on any atom is -0.484 e. The first kappa shape index (κ1) is 17.0. The van der Waals surface area contributed by atoms with Gasteiger partial charge >= 0.3 is 0 Å². The molecule has 1 aliphatic rings. The predicted octanol–water partition coefficient (Wildman–Crippen LogP) is 2.75. The van der Waals surface area contributed by atoms with Crippen molar-refractivity contribution in [2.24, 2.45) is 11.7 Å². The molecule has 1 unspecified atom stereocenters. The van der Waals surface area contributed by atoms with Gasteiger partial charge in [0.15, 0.2) is 5.76 Å². The molecule has 24 heavy (non-hydrogen) atoms. The van der Waals surface area contributed by atoms with E-state index in [-0.39, 0.29) is 12.5 Å². The van der Waals surface area contributed by atoms with Crippen LogP contribution >= 0.6 is 15.9 Å². The van der Waals surface area contributed by atoms with Crippen LogP contribution in [0.2, 0.25) is 0 Å². The van der Waals surface area contributed by atoms with E-state index in [0.717, 1.165) is 29.7 Å². The van der Waals surface area contributed by atoms with Gasteiger partial charge in [-0.2, -0.15) is 0 Å². The molecule has 128 valence electrons. The van der Waals surface area contributed by atoms with Crippen molar-refractivity contribution in [3.05, 3.63) is 45.8 Å². The summed E-state index contributed by atoms with van der Waals surface area (Å²) in [4.78, 5) is 14.4. The van der Waals surface area contributed by atoms with Crippen molar-refractivity contribution in [2.75, 3.05) is 19.6 Å². The van der Waals surface area contributed by atoms with Gasteiger partial charge in [-0.3, -0.25) is 4.79 Å². The standard InChI is InChI=1S/C17H20BrN3O3/c1-11-6-14(24-20-11)10-23-16-3-2-13(7-15(16)18)17(22)21-5-4-12(8-19)9-21/h2-3,6-7,12H,4-5,8-10,19H2,1H3. The Kier molecular flexibility index (Phi) is 5.20. The monoisotopic (exact) mass is 393 g/mol. The number of benzene rings is 1. The molecule has 6 nitrogen and oxygen atoms in total. The summed E-state index contributed by atoms with van der Waals surface area (Å²) in [5.74, 6) is 1.75. The molecule has 0 aliphatic carbocycles. The number of hydrogen-bond donors (Lipinski definition) is 1. The summed E-state index contributed by atoms with van der Waals surface area (Å²) in [7, 11) is 0.